The number of aliphatic hydroxyl groups is 1. The van der Waals surface area contributed by atoms with Crippen LogP contribution in [0.2, 0.25) is 0 Å². The van der Waals surface area contributed by atoms with Crippen molar-refractivity contribution in [3.63, 3.8) is 0 Å². The highest BCUT2D eigenvalue weighted by molar-refractivity contribution is 5.86. The van der Waals surface area contributed by atoms with Crippen LogP contribution in [0.25, 0.3) is 0 Å². The van der Waals surface area contributed by atoms with Crippen LogP contribution in [-0.4, -0.2) is 42.1 Å². The van der Waals surface area contributed by atoms with Gasteiger partial charge in [-0.25, -0.2) is 0 Å². The van der Waals surface area contributed by atoms with E-state index in [0.717, 1.165) is 16.7 Å². The van der Waals surface area contributed by atoms with Crippen LogP contribution in [0.15, 0.2) is 116 Å². The molecule has 3 N–H and O–H groups in total. The molecule has 0 heterocycles. The van der Waals surface area contributed by atoms with Crippen molar-refractivity contribution in [3.8, 4) is 0 Å². The zero-order valence-corrected chi connectivity index (χ0v) is 25.3. The third-order valence-corrected chi connectivity index (χ3v) is 7.45. The minimum atomic E-state index is -0.691. The average Bonchev–Trinajstić information content (AvgIpc) is 3.05. The summed E-state index contributed by atoms with van der Waals surface area (Å²) in [5.74, 6) is -2.06. The van der Waals surface area contributed by atoms with Crippen LogP contribution in [0.1, 0.15) is 48.4 Å². The van der Waals surface area contributed by atoms with E-state index in [1.54, 1.807) is 12.2 Å². The minimum absolute atomic E-state index is 0.0510. The van der Waals surface area contributed by atoms with Crippen LogP contribution < -0.4 is 10.6 Å². The van der Waals surface area contributed by atoms with Crippen molar-refractivity contribution < 1.29 is 24.2 Å². The Morgan fingerprint density at radius 3 is 1.93 bits per heavy atom. The first-order chi connectivity index (χ1) is 21.4. The van der Waals surface area contributed by atoms with Gasteiger partial charge >= 0.3 is 5.97 Å². The van der Waals surface area contributed by atoms with Crippen LogP contribution in [0.5, 0.6) is 0 Å². The number of esters is 1. The summed E-state index contributed by atoms with van der Waals surface area (Å²) >= 11 is 0. The first kappa shape index (κ1) is 34.0. The second kappa shape index (κ2) is 18.9. The van der Waals surface area contributed by atoms with Gasteiger partial charge in [0.2, 0.25) is 11.8 Å². The number of allylic oxidation sites excluding steroid dienone is 2. The summed E-state index contributed by atoms with van der Waals surface area (Å²) in [5.41, 5.74) is 2.82. The molecule has 0 aliphatic carbocycles. The highest BCUT2D eigenvalue weighted by Gasteiger charge is 2.27. The van der Waals surface area contributed by atoms with Crippen LogP contribution >= 0.6 is 0 Å². The number of rotatable bonds is 19. The molecule has 2 amide bonds. The van der Waals surface area contributed by atoms with Crippen LogP contribution in [0, 0.1) is 11.8 Å². The van der Waals surface area contributed by atoms with Crippen molar-refractivity contribution in [2.45, 2.75) is 50.6 Å². The van der Waals surface area contributed by atoms with Crippen molar-refractivity contribution >= 4 is 17.8 Å². The zero-order valence-electron chi connectivity index (χ0n) is 25.3. The predicted molar refractivity (Wildman–Crippen MR) is 173 cm³/mol. The van der Waals surface area contributed by atoms with Crippen LogP contribution in [-0.2, 0) is 32.0 Å². The van der Waals surface area contributed by atoms with E-state index in [4.69, 9.17) is 4.74 Å². The molecular weight excluding hydrogens is 552 g/mol. The molecule has 0 bridgehead atoms. The first-order valence-corrected chi connectivity index (χ1v) is 15.1. The van der Waals surface area contributed by atoms with Gasteiger partial charge in [0.25, 0.3) is 0 Å². The van der Waals surface area contributed by atoms with Gasteiger partial charge in [0.15, 0.2) is 0 Å². The van der Waals surface area contributed by atoms with Crippen molar-refractivity contribution in [3.05, 3.63) is 133 Å². The summed E-state index contributed by atoms with van der Waals surface area (Å²) in [4.78, 5) is 39.7. The maximum Gasteiger partial charge on any atom is 0.309 e. The van der Waals surface area contributed by atoms with Gasteiger partial charge < -0.3 is 20.5 Å². The van der Waals surface area contributed by atoms with Crippen molar-refractivity contribution in [1.29, 1.82) is 0 Å². The fourth-order valence-corrected chi connectivity index (χ4v) is 5.05. The Balaban J connectivity index is 1.66. The lowest BCUT2D eigenvalue weighted by Crippen LogP contribution is -2.42. The molecule has 0 aliphatic heterocycles. The summed E-state index contributed by atoms with van der Waals surface area (Å²) in [6.45, 7) is 7.28. The molecule has 0 aliphatic rings. The molecule has 232 valence electrons. The summed E-state index contributed by atoms with van der Waals surface area (Å²) in [6.07, 6.45) is 5.91. The molecule has 0 spiro atoms. The maximum absolute atomic E-state index is 13.5. The van der Waals surface area contributed by atoms with Gasteiger partial charge in [-0.1, -0.05) is 103 Å². The standard InChI is InChI=1S/C37H44N2O5/c1-3-5-20-32(23-28-16-9-6-10-17-28)37(43)44-27-34(30-21-13-8-14-22-30)39-36(42)31(15-4-2)25-35(41)38-33(26-40)24-29-18-11-7-12-19-29/h3-4,6-14,16-19,21-22,31-34,40H,1-2,5,15,20,23-27H2,(H,38,41)(H,39,42)/t31-,32+,33-,34-/m0/s1. The normalized spacial score (nSPS) is 13.5. The van der Waals surface area contributed by atoms with Crippen LogP contribution in [0.4, 0.5) is 0 Å². The molecule has 0 aromatic heterocycles. The second-order valence-electron chi connectivity index (χ2n) is 10.9. The van der Waals surface area contributed by atoms with E-state index in [2.05, 4.69) is 23.8 Å². The van der Waals surface area contributed by atoms with Gasteiger partial charge in [-0.2, -0.15) is 0 Å². The number of ether oxygens (including phenoxy) is 1. The van der Waals surface area contributed by atoms with Crippen molar-refractivity contribution in [2.24, 2.45) is 11.8 Å². The number of benzene rings is 3. The quantitative estimate of drug-likeness (QED) is 0.125. The number of aliphatic hydroxyl groups excluding tert-OH is 1. The van der Waals surface area contributed by atoms with E-state index in [9.17, 15) is 19.5 Å². The van der Waals surface area contributed by atoms with Gasteiger partial charge in [-0.3, -0.25) is 14.4 Å². The molecule has 7 heteroatoms. The number of carbonyl (C=O) groups excluding carboxylic acids is 3. The molecule has 4 atom stereocenters. The Bertz CT molecular complexity index is 1310. The lowest BCUT2D eigenvalue weighted by Gasteiger charge is -2.24. The summed E-state index contributed by atoms with van der Waals surface area (Å²) in [5, 5.41) is 15.7. The Morgan fingerprint density at radius 1 is 0.773 bits per heavy atom. The zero-order chi connectivity index (χ0) is 31.6. The summed E-state index contributed by atoms with van der Waals surface area (Å²) in [6, 6.07) is 27.6. The molecule has 0 saturated heterocycles. The first-order valence-electron chi connectivity index (χ1n) is 15.1. The number of carbonyl (C=O) groups is 3. The van der Waals surface area contributed by atoms with Gasteiger partial charge in [0.1, 0.15) is 6.61 Å². The van der Waals surface area contributed by atoms with E-state index < -0.39 is 18.0 Å². The number of hydrogen-bond acceptors (Lipinski definition) is 5. The predicted octanol–water partition coefficient (Wildman–Crippen LogP) is 5.51. The van der Waals surface area contributed by atoms with E-state index in [0.29, 0.717) is 25.7 Å². The molecular formula is C37H44N2O5. The number of amides is 2. The third-order valence-electron chi connectivity index (χ3n) is 7.45. The smallest absolute Gasteiger partial charge is 0.309 e. The third kappa shape index (κ3) is 11.7. The fraction of sp³-hybridized carbons (Fsp3) is 0.324. The second-order valence-corrected chi connectivity index (χ2v) is 10.9. The highest BCUT2D eigenvalue weighted by atomic mass is 16.5. The summed E-state index contributed by atoms with van der Waals surface area (Å²) < 4.78 is 5.82. The fourth-order valence-electron chi connectivity index (χ4n) is 5.05. The molecule has 3 rings (SSSR count). The molecule has 44 heavy (non-hydrogen) atoms. The monoisotopic (exact) mass is 596 g/mol. The van der Waals surface area contributed by atoms with Gasteiger partial charge in [0, 0.05) is 6.42 Å². The molecule has 0 unspecified atom stereocenters. The van der Waals surface area contributed by atoms with Gasteiger partial charge in [-0.15, -0.1) is 13.2 Å². The molecule has 0 saturated carbocycles. The largest absolute Gasteiger partial charge is 0.463 e. The topological polar surface area (TPSA) is 105 Å². The number of hydrogen-bond donors (Lipinski definition) is 3. The van der Waals surface area contributed by atoms with Crippen molar-refractivity contribution in [2.75, 3.05) is 13.2 Å². The van der Waals surface area contributed by atoms with Gasteiger partial charge in [0.05, 0.1) is 30.5 Å². The minimum Gasteiger partial charge on any atom is -0.463 e. The molecule has 3 aromatic carbocycles. The highest BCUT2D eigenvalue weighted by Crippen LogP contribution is 2.20. The van der Waals surface area contributed by atoms with E-state index in [1.165, 1.54) is 0 Å². The Hall–Kier alpha value is -4.49. The van der Waals surface area contributed by atoms with E-state index in [-0.39, 0.29) is 49.8 Å². The molecule has 7 nitrogen and oxygen atoms in total. The maximum atomic E-state index is 13.5. The van der Waals surface area contributed by atoms with Crippen LogP contribution in [0.3, 0.4) is 0 Å². The summed E-state index contributed by atoms with van der Waals surface area (Å²) in [7, 11) is 0. The molecule has 3 aromatic rings. The van der Waals surface area contributed by atoms with E-state index in [1.807, 2.05) is 91.0 Å². The van der Waals surface area contributed by atoms with Crippen molar-refractivity contribution in [1.82, 2.24) is 10.6 Å². The lowest BCUT2D eigenvalue weighted by molar-refractivity contribution is -0.150. The lowest BCUT2D eigenvalue weighted by atomic mass is 9.94. The Morgan fingerprint density at radius 2 is 1.36 bits per heavy atom. The molecule has 0 radical (unpaired) electrons. The molecule has 0 fully saturated rings. The number of nitrogens with one attached hydrogen (secondary N) is 2. The Labute approximate surface area is 261 Å². The average molecular weight is 597 g/mol. The Kier molecular flexibility index (Phi) is 14.6. The van der Waals surface area contributed by atoms with E-state index >= 15 is 0 Å². The SMILES string of the molecule is C=CCC[C@H](Cc1ccccc1)C(=O)OC[C@H](NC(=O)[C@@H](CC=C)CC(=O)N[C@H](CO)Cc1ccccc1)c1ccccc1. The van der Waals surface area contributed by atoms with Gasteiger partial charge in [-0.05, 0) is 48.8 Å².